The highest BCUT2D eigenvalue weighted by Gasteiger charge is 2.13. The van der Waals surface area contributed by atoms with Gasteiger partial charge >= 0.3 is 0 Å². The topological polar surface area (TPSA) is 54.9 Å². The van der Waals surface area contributed by atoms with Gasteiger partial charge < -0.3 is 5.32 Å². The maximum atomic E-state index is 13.8. The second kappa shape index (κ2) is 8.71. The van der Waals surface area contributed by atoms with Crippen molar-refractivity contribution in [3.63, 3.8) is 0 Å². The SMILES string of the molecule is O=C(CSc1nc(-c2ccccc2)nc2ccc(F)cc12)Nc1ccc(Br)cc1. The first-order valence-corrected chi connectivity index (χ1v) is 10.6. The van der Waals surface area contributed by atoms with Gasteiger partial charge in [0.05, 0.1) is 11.3 Å². The minimum Gasteiger partial charge on any atom is -0.325 e. The van der Waals surface area contributed by atoms with Crippen LogP contribution in [0.15, 0.2) is 82.3 Å². The summed E-state index contributed by atoms with van der Waals surface area (Å²) in [5.41, 5.74) is 2.21. The van der Waals surface area contributed by atoms with Gasteiger partial charge in [0, 0.05) is 21.1 Å². The predicted octanol–water partition coefficient (Wildman–Crippen LogP) is 5.93. The van der Waals surface area contributed by atoms with Crippen molar-refractivity contribution >= 4 is 50.2 Å². The standard InChI is InChI=1S/C22H15BrFN3OS/c23-15-6-9-17(10-7-15)25-20(28)13-29-22-18-12-16(24)8-11-19(18)26-21(27-22)14-4-2-1-3-5-14/h1-12H,13H2,(H,25,28). The van der Waals surface area contributed by atoms with Crippen LogP contribution in [0.1, 0.15) is 0 Å². The van der Waals surface area contributed by atoms with Crippen molar-refractivity contribution < 1.29 is 9.18 Å². The molecule has 4 aromatic rings. The van der Waals surface area contributed by atoms with E-state index in [1.807, 2.05) is 54.6 Å². The number of anilines is 1. The lowest BCUT2D eigenvalue weighted by Gasteiger charge is -2.09. The van der Waals surface area contributed by atoms with E-state index >= 15 is 0 Å². The minimum absolute atomic E-state index is 0.146. The third-order valence-electron chi connectivity index (χ3n) is 4.12. The number of nitrogens with one attached hydrogen (secondary N) is 1. The van der Waals surface area contributed by atoms with Crippen molar-refractivity contribution in [2.45, 2.75) is 5.03 Å². The molecule has 144 valence electrons. The van der Waals surface area contributed by atoms with Gasteiger partial charge in [-0.3, -0.25) is 4.79 Å². The van der Waals surface area contributed by atoms with Crippen molar-refractivity contribution in [3.8, 4) is 11.4 Å². The highest BCUT2D eigenvalue weighted by molar-refractivity contribution is 9.10. The van der Waals surface area contributed by atoms with Crippen LogP contribution in [-0.2, 0) is 4.79 Å². The second-order valence-corrected chi connectivity index (χ2v) is 8.10. The van der Waals surface area contributed by atoms with E-state index < -0.39 is 0 Å². The summed E-state index contributed by atoms with van der Waals surface area (Å²) in [6.45, 7) is 0. The van der Waals surface area contributed by atoms with Gasteiger partial charge in [0.15, 0.2) is 5.82 Å². The zero-order chi connectivity index (χ0) is 20.2. The molecule has 0 atom stereocenters. The Bertz CT molecular complexity index is 1170. The molecule has 7 heteroatoms. The van der Waals surface area contributed by atoms with Crippen LogP contribution in [0.25, 0.3) is 22.3 Å². The number of halogens is 2. The van der Waals surface area contributed by atoms with Crippen molar-refractivity contribution in [1.82, 2.24) is 9.97 Å². The molecule has 0 fully saturated rings. The number of carbonyl (C=O) groups excluding carboxylic acids is 1. The Labute approximate surface area is 179 Å². The number of carbonyl (C=O) groups is 1. The molecular formula is C22H15BrFN3OS. The number of aromatic nitrogens is 2. The number of amides is 1. The second-order valence-electron chi connectivity index (χ2n) is 6.22. The van der Waals surface area contributed by atoms with Gasteiger partial charge in [0.2, 0.25) is 5.91 Å². The quantitative estimate of drug-likeness (QED) is 0.292. The van der Waals surface area contributed by atoms with Crippen LogP contribution in [0.2, 0.25) is 0 Å². The van der Waals surface area contributed by atoms with E-state index in [0.717, 1.165) is 10.0 Å². The summed E-state index contributed by atoms with van der Waals surface area (Å²) in [5.74, 6) is 0.157. The summed E-state index contributed by atoms with van der Waals surface area (Å²) >= 11 is 4.62. The number of rotatable bonds is 5. The third kappa shape index (κ3) is 4.81. The van der Waals surface area contributed by atoms with Gasteiger partial charge in [-0.15, -0.1) is 0 Å². The van der Waals surface area contributed by atoms with Crippen LogP contribution in [0, 0.1) is 5.82 Å². The Morgan fingerprint density at radius 2 is 1.76 bits per heavy atom. The van der Waals surface area contributed by atoms with E-state index in [1.54, 1.807) is 6.07 Å². The first-order chi connectivity index (χ1) is 14.1. The van der Waals surface area contributed by atoms with Crippen molar-refractivity contribution in [2.75, 3.05) is 11.1 Å². The van der Waals surface area contributed by atoms with Crippen LogP contribution in [0.3, 0.4) is 0 Å². The Morgan fingerprint density at radius 3 is 2.52 bits per heavy atom. The molecule has 4 rings (SSSR count). The molecule has 0 unspecified atom stereocenters. The van der Waals surface area contributed by atoms with E-state index in [0.29, 0.717) is 27.4 Å². The summed E-state index contributed by atoms with van der Waals surface area (Å²) in [4.78, 5) is 21.5. The average molecular weight is 468 g/mol. The normalized spacial score (nSPS) is 10.8. The van der Waals surface area contributed by atoms with Gasteiger partial charge in [-0.2, -0.15) is 0 Å². The minimum atomic E-state index is -0.366. The average Bonchev–Trinajstić information content (AvgIpc) is 2.74. The Hall–Kier alpha value is -2.77. The molecule has 3 aromatic carbocycles. The molecule has 29 heavy (non-hydrogen) atoms. The molecule has 0 aliphatic rings. The number of hydrogen-bond acceptors (Lipinski definition) is 4. The van der Waals surface area contributed by atoms with E-state index in [1.165, 1.54) is 23.9 Å². The number of benzene rings is 3. The lowest BCUT2D eigenvalue weighted by Crippen LogP contribution is -2.14. The van der Waals surface area contributed by atoms with Gasteiger partial charge in [-0.1, -0.05) is 58.0 Å². The number of hydrogen-bond donors (Lipinski definition) is 1. The molecule has 0 saturated heterocycles. The Kier molecular flexibility index (Phi) is 5.87. The summed E-state index contributed by atoms with van der Waals surface area (Å²) in [6.07, 6.45) is 0. The maximum Gasteiger partial charge on any atom is 0.234 e. The van der Waals surface area contributed by atoms with Crippen LogP contribution < -0.4 is 5.32 Å². The van der Waals surface area contributed by atoms with E-state index in [-0.39, 0.29) is 17.5 Å². The smallest absolute Gasteiger partial charge is 0.234 e. The maximum absolute atomic E-state index is 13.8. The molecule has 0 spiro atoms. The highest BCUT2D eigenvalue weighted by Crippen LogP contribution is 2.29. The Morgan fingerprint density at radius 1 is 1.00 bits per heavy atom. The third-order valence-corrected chi connectivity index (χ3v) is 5.64. The van der Waals surface area contributed by atoms with E-state index in [4.69, 9.17) is 0 Å². The molecule has 0 saturated carbocycles. The number of fused-ring (bicyclic) bond motifs is 1. The summed E-state index contributed by atoms with van der Waals surface area (Å²) < 4.78 is 14.7. The molecule has 1 N–H and O–H groups in total. The predicted molar refractivity (Wildman–Crippen MR) is 118 cm³/mol. The van der Waals surface area contributed by atoms with Crippen molar-refractivity contribution in [2.24, 2.45) is 0 Å². The van der Waals surface area contributed by atoms with Gasteiger partial charge in [0.1, 0.15) is 10.8 Å². The summed E-state index contributed by atoms with van der Waals surface area (Å²) in [5, 5.41) is 4.00. The lowest BCUT2D eigenvalue weighted by atomic mass is 10.2. The van der Waals surface area contributed by atoms with Gasteiger partial charge in [0.25, 0.3) is 0 Å². The zero-order valence-corrected chi connectivity index (χ0v) is 17.5. The van der Waals surface area contributed by atoms with Gasteiger partial charge in [-0.25, -0.2) is 14.4 Å². The van der Waals surface area contributed by atoms with Crippen molar-refractivity contribution in [1.29, 1.82) is 0 Å². The van der Waals surface area contributed by atoms with E-state index in [9.17, 15) is 9.18 Å². The molecular weight excluding hydrogens is 453 g/mol. The highest BCUT2D eigenvalue weighted by atomic mass is 79.9. The number of nitrogens with zero attached hydrogens (tertiary/aromatic N) is 2. The molecule has 0 aliphatic carbocycles. The van der Waals surface area contributed by atoms with Crippen LogP contribution in [0.5, 0.6) is 0 Å². The molecule has 1 amide bonds. The van der Waals surface area contributed by atoms with Crippen LogP contribution in [0.4, 0.5) is 10.1 Å². The van der Waals surface area contributed by atoms with E-state index in [2.05, 4.69) is 31.2 Å². The molecule has 0 radical (unpaired) electrons. The van der Waals surface area contributed by atoms with Crippen LogP contribution >= 0.6 is 27.7 Å². The summed E-state index contributed by atoms with van der Waals surface area (Å²) in [7, 11) is 0. The van der Waals surface area contributed by atoms with Crippen LogP contribution in [-0.4, -0.2) is 21.6 Å². The molecule has 0 bridgehead atoms. The number of thioether (sulfide) groups is 1. The molecule has 1 aromatic heterocycles. The Balaban J connectivity index is 1.60. The van der Waals surface area contributed by atoms with Crippen molar-refractivity contribution in [3.05, 3.63) is 83.1 Å². The molecule has 1 heterocycles. The fourth-order valence-electron chi connectivity index (χ4n) is 2.76. The first kappa shape index (κ1) is 19.5. The first-order valence-electron chi connectivity index (χ1n) is 8.79. The fraction of sp³-hybridized carbons (Fsp3) is 0.0455. The lowest BCUT2D eigenvalue weighted by molar-refractivity contribution is -0.113. The van der Waals surface area contributed by atoms with Gasteiger partial charge in [-0.05, 0) is 42.5 Å². The summed E-state index contributed by atoms with van der Waals surface area (Å²) in [6, 6.07) is 21.3. The fourth-order valence-corrected chi connectivity index (χ4v) is 3.84. The zero-order valence-electron chi connectivity index (χ0n) is 15.1. The molecule has 0 aliphatic heterocycles. The monoisotopic (exact) mass is 467 g/mol. The largest absolute Gasteiger partial charge is 0.325 e. The molecule has 4 nitrogen and oxygen atoms in total.